The molecular formula is C22H31FN8O2. The summed E-state index contributed by atoms with van der Waals surface area (Å²) in [5.41, 5.74) is 12.9. The van der Waals surface area contributed by atoms with Gasteiger partial charge in [0.05, 0.1) is 17.7 Å². The Balaban J connectivity index is 1.97. The molecule has 0 aliphatic rings. The fourth-order valence-electron chi connectivity index (χ4n) is 3.54. The van der Waals surface area contributed by atoms with Crippen molar-refractivity contribution in [3.8, 4) is 0 Å². The van der Waals surface area contributed by atoms with Crippen LogP contribution in [0.25, 0.3) is 10.9 Å². The Bertz CT molecular complexity index is 1130. The van der Waals surface area contributed by atoms with Gasteiger partial charge in [-0.2, -0.15) is 5.10 Å². The summed E-state index contributed by atoms with van der Waals surface area (Å²) in [6.07, 6.45) is 0.676. The van der Waals surface area contributed by atoms with E-state index in [1.165, 1.54) is 0 Å². The van der Waals surface area contributed by atoms with Crippen LogP contribution in [-0.2, 0) is 11.8 Å². The number of pyridine rings is 1. The Morgan fingerprint density at radius 2 is 2.03 bits per heavy atom. The molecule has 2 atom stereocenters. The van der Waals surface area contributed by atoms with Crippen LogP contribution in [0.3, 0.4) is 0 Å². The van der Waals surface area contributed by atoms with Gasteiger partial charge in [0.1, 0.15) is 5.82 Å². The topological polar surface area (TPSA) is 145 Å². The number of aryl methyl sites for hydroxylation is 1. The maximum atomic E-state index is 14.7. The molecule has 1 aromatic carbocycles. The van der Waals surface area contributed by atoms with Crippen molar-refractivity contribution in [3.05, 3.63) is 35.6 Å². The van der Waals surface area contributed by atoms with E-state index in [1.54, 1.807) is 11.8 Å². The number of hydrogen-bond acceptors (Lipinski definition) is 8. The number of ether oxygens (including phenoxy) is 1. The van der Waals surface area contributed by atoms with Gasteiger partial charge in [-0.15, -0.1) is 0 Å². The number of fused-ring (bicyclic) bond motifs is 1. The molecule has 0 spiro atoms. The Labute approximate surface area is 191 Å². The fourth-order valence-corrected chi connectivity index (χ4v) is 3.54. The maximum absolute atomic E-state index is 14.7. The standard InChI is InChI=1S/C22H31FN8O2/c1-5-17(12(2)24)28-22-16(23)11-15(19(25)32)21(29-22)27-13-6-7-18-14(10-13)20(30-31(18)3)26-8-9-33-4/h6-7,10-12,17H,5,8-9,24H2,1-4H3,(H2,25,32)(H,26,30)(H2,27,28,29)/t12-,17+/m0/s1. The summed E-state index contributed by atoms with van der Waals surface area (Å²) in [6.45, 7) is 4.90. The Hall–Kier alpha value is -3.44. The lowest BCUT2D eigenvalue weighted by atomic mass is 10.1. The first-order chi connectivity index (χ1) is 15.7. The minimum Gasteiger partial charge on any atom is -0.383 e. The first-order valence-electron chi connectivity index (χ1n) is 10.7. The van der Waals surface area contributed by atoms with Crippen LogP contribution in [0, 0.1) is 5.82 Å². The molecule has 11 heteroatoms. The van der Waals surface area contributed by atoms with Crippen molar-refractivity contribution >= 4 is 40.0 Å². The summed E-state index contributed by atoms with van der Waals surface area (Å²) >= 11 is 0. The molecule has 0 fully saturated rings. The van der Waals surface area contributed by atoms with E-state index >= 15 is 0 Å². The smallest absolute Gasteiger partial charge is 0.252 e. The zero-order chi connectivity index (χ0) is 24.1. The van der Waals surface area contributed by atoms with Gasteiger partial charge in [-0.05, 0) is 37.6 Å². The van der Waals surface area contributed by atoms with E-state index in [0.29, 0.717) is 31.1 Å². The van der Waals surface area contributed by atoms with Crippen LogP contribution in [0.4, 0.5) is 27.5 Å². The summed E-state index contributed by atoms with van der Waals surface area (Å²) in [5, 5.41) is 14.7. The lowest BCUT2D eigenvalue weighted by Gasteiger charge is -2.22. The number of nitrogens with zero attached hydrogens (tertiary/aromatic N) is 3. The van der Waals surface area contributed by atoms with Crippen molar-refractivity contribution in [1.29, 1.82) is 0 Å². The number of amides is 1. The van der Waals surface area contributed by atoms with Gasteiger partial charge in [0.15, 0.2) is 17.5 Å². The van der Waals surface area contributed by atoms with Crippen LogP contribution in [0.15, 0.2) is 24.3 Å². The number of hydrogen-bond donors (Lipinski definition) is 5. The lowest BCUT2D eigenvalue weighted by molar-refractivity contribution is 0.100. The van der Waals surface area contributed by atoms with E-state index in [9.17, 15) is 9.18 Å². The summed E-state index contributed by atoms with van der Waals surface area (Å²) in [4.78, 5) is 16.3. The normalized spacial score (nSPS) is 13.0. The number of anilines is 4. The van der Waals surface area contributed by atoms with E-state index in [0.717, 1.165) is 17.0 Å². The number of rotatable bonds is 11. The van der Waals surface area contributed by atoms with Gasteiger partial charge in [-0.3, -0.25) is 9.48 Å². The average Bonchev–Trinajstić information content (AvgIpc) is 3.08. The number of carbonyl (C=O) groups is 1. The molecule has 0 saturated heterocycles. The second kappa shape index (κ2) is 10.5. The number of methoxy groups -OCH3 is 1. The van der Waals surface area contributed by atoms with Crippen LogP contribution in [0.2, 0.25) is 0 Å². The third-order valence-electron chi connectivity index (χ3n) is 5.35. The van der Waals surface area contributed by atoms with Gasteiger partial charge in [0, 0.05) is 43.9 Å². The number of carbonyl (C=O) groups excluding carboxylic acids is 1. The molecular weight excluding hydrogens is 427 g/mol. The highest BCUT2D eigenvalue weighted by Gasteiger charge is 2.20. The number of primary amides is 1. The van der Waals surface area contributed by atoms with Crippen molar-refractivity contribution in [2.75, 3.05) is 36.2 Å². The zero-order valence-corrected chi connectivity index (χ0v) is 19.3. The summed E-state index contributed by atoms with van der Waals surface area (Å²) in [5.74, 6) is -0.639. The van der Waals surface area contributed by atoms with E-state index < -0.39 is 11.7 Å². The van der Waals surface area contributed by atoms with Crippen molar-refractivity contribution in [2.24, 2.45) is 18.5 Å². The Kier molecular flexibility index (Phi) is 7.67. The Morgan fingerprint density at radius 1 is 1.27 bits per heavy atom. The fraction of sp³-hybridized carbons (Fsp3) is 0.409. The monoisotopic (exact) mass is 458 g/mol. The predicted octanol–water partition coefficient (Wildman–Crippen LogP) is 2.55. The van der Waals surface area contributed by atoms with Gasteiger partial charge in [-0.1, -0.05) is 6.92 Å². The highest BCUT2D eigenvalue weighted by atomic mass is 19.1. The summed E-state index contributed by atoms with van der Waals surface area (Å²) < 4.78 is 21.5. The molecule has 0 aliphatic carbocycles. The van der Waals surface area contributed by atoms with Gasteiger partial charge >= 0.3 is 0 Å². The molecule has 178 valence electrons. The van der Waals surface area contributed by atoms with Crippen molar-refractivity contribution < 1.29 is 13.9 Å². The number of nitrogens with one attached hydrogen (secondary N) is 3. The molecule has 3 rings (SSSR count). The molecule has 33 heavy (non-hydrogen) atoms. The third kappa shape index (κ3) is 5.49. The summed E-state index contributed by atoms with van der Waals surface area (Å²) in [7, 11) is 3.48. The second-order valence-corrected chi connectivity index (χ2v) is 7.85. The second-order valence-electron chi connectivity index (χ2n) is 7.85. The average molecular weight is 459 g/mol. The molecule has 1 amide bonds. The first-order valence-corrected chi connectivity index (χ1v) is 10.7. The molecule has 2 heterocycles. The number of nitrogens with two attached hydrogens (primary N) is 2. The van der Waals surface area contributed by atoms with E-state index in [2.05, 4.69) is 26.0 Å². The maximum Gasteiger partial charge on any atom is 0.252 e. The van der Waals surface area contributed by atoms with Crippen LogP contribution in [0.5, 0.6) is 0 Å². The lowest BCUT2D eigenvalue weighted by Crippen LogP contribution is -2.38. The SMILES string of the molecule is CC[C@@H](Nc1nc(Nc2ccc3c(c2)c(NCCOC)nn3C)c(C(N)=O)cc1F)[C@H](C)N. The van der Waals surface area contributed by atoms with Crippen LogP contribution >= 0.6 is 0 Å². The van der Waals surface area contributed by atoms with Crippen molar-refractivity contribution in [1.82, 2.24) is 14.8 Å². The molecule has 0 unspecified atom stereocenters. The highest BCUT2D eigenvalue weighted by Crippen LogP contribution is 2.29. The molecule has 0 bridgehead atoms. The molecule has 7 N–H and O–H groups in total. The van der Waals surface area contributed by atoms with Gasteiger partial charge in [-0.25, -0.2) is 9.37 Å². The van der Waals surface area contributed by atoms with Crippen LogP contribution < -0.4 is 27.4 Å². The van der Waals surface area contributed by atoms with Crippen molar-refractivity contribution in [3.63, 3.8) is 0 Å². The van der Waals surface area contributed by atoms with Crippen molar-refractivity contribution in [2.45, 2.75) is 32.4 Å². The third-order valence-corrected chi connectivity index (χ3v) is 5.35. The van der Waals surface area contributed by atoms with E-state index in [1.807, 2.05) is 39.1 Å². The minimum atomic E-state index is -0.793. The van der Waals surface area contributed by atoms with E-state index in [-0.39, 0.29) is 29.3 Å². The summed E-state index contributed by atoms with van der Waals surface area (Å²) in [6, 6.07) is 6.25. The zero-order valence-electron chi connectivity index (χ0n) is 19.3. The highest BCUT2D eigenvalue weighted by molar-refractivity contribution is 5.99. The van der Waals surface area contributed by atoms with Gasteiger partial charge in [0.2, 0.25) is 0 Å². The van der Waals surface area contributed by atoms with E-state index in [4.69, 9.17) is 16.2 Å². The molecule has 10 nitrogen and oxygen atoms in total. The molecule has 0 saturated carbocycles. The molecule has 0 aliphatic heterocycles. The largest absolute Gasteiger partial charge is 0.383 e. The van der Waals surface area contributed by atoms with Gasteiger partial charge < -0.3 is 32.2 Å². The molecule has 3 aromatic rings. The van der Waals surface area contributed by atoms with Crippen LogP contribution in [-0.4, -0.2) is 53.0 Å². The van der Waals surface area contributed by atoms with Gasteiger partial charge in [0.25, 0.3) is 5.91 Å². The van der Waals surface area contributed by atoms with Crippen LogP contribution in [0.1, 0.15) is 30.6 Å². The minimum absolute atomic E-state index is 0.00368. The Morgan fingerprint density at radius 3 is 2.67 bits per heavy atom. The molecule has 0 radical (unpaired) electrons. The quantitative estimate of drug-likeness (QED) is 0.276. The molecule has 2 aromatic heterocycles. The number of halogens is 1. The predicted molar refractivity (Wildman–Crippen MR) is 128 cm³/mol. The number of aromatic nitrogens is 3. The first kappa shape index (κ1) is 24.2. The number of benzene rings is 1.